The lowest BCUT2D eigenvalue weighted by atomic mass is 10.1. The number of carbonyl (C=O) groups excluding carboxylic acids is 1. The van der Waals surface area contributed by atoms with Crippen molar-refractivity contribution in [2.24, 2.45) is 0 Å². The highest BCUT2D eigenvalue weighted by Gasteiger charge is 2.11. The zero-order valence-electron chi connectivity index (χ0n) is 16.3. The fourth-order valence-corrected chi connectivity index (χ4v) is 3.25. The van der Waals surface area contributed by atoms with E-state index < -0.39 is 5.91 Å². The molecule has 0 heterocycles. The molecule has 0 unspecified atom stereocenters. The van der Waals surface area contributed by atoms with Gasteiger partial charge in [-0.05, 0) is 70.1 Å². The van der Waals surface area contributed by atoms with Crippen molar-refractivity contribution in [1.29, 1.82) is 5.26 Å². The number of hydrogen-bond donors (Lipinski definition) is 1. The molecule has 0 aliphatic rings. The Labute approximate surface area is 189 Å². The summed E-state index contributed by atoms with van der Waals surface area (Å²) in [6.07, 6.45) is 1.53. The molecule has 0 atom stereocenters. The van der Waals surface area contributed by atoms with E-state index in [0.717, 1.165) is 9.13 Å². The molecule has 6 heteroatoms. The number of benzene rings is 3. The van der Waals surface area contributed by atoms with Gasteiger partial charge < -0.3 is 14.8 Å². The van der Waals surface area contributed by atoms with Crippen LogP contribution < -0.4 is 14.8 Å². The molecule has 30 heavy (non-hydrogen) atoms. The summed E-state index contributed by atoms with van der Waals surface area (Å²) < 4.78 is 12.3. The van der Waals surface area contributed by atoms with E-state index in [1.807, 2.05) is 54.6 Å². The van der Waals surface area contributed by atoms with Crippen LogP contribution in [0.15, 0.2) is 78.4 Å². The Morgan fingerprint density at radius 3 is 2.57 bits per heavy atom. The first-order chi connectivity index (χ1) is 14.6. The fraction of sp³-hybridized carbons (Fsp3) is 0.0833. The van der Waals surface area contributed by atoms with Gasteiger partial charge in [-0.1, -0.05) is 42.5 Å². The van der Waals surface area contributed by atoms with E-state index in [4.69, 9.17) is 9.47 Å². The van der Waals surface area contributed by atoms with Crippen molar-refractivity contribution in [3.63, 3.8) is 0 Å². The number of carbonyl (C=O) groups is 1. The number of ether oxygens (including phenoxy) is 2. The van der Waals surface area contributed by atoms with Gasteiger partial charge in [-0.3, -0.25) is 4.79 Å². The summed E-state index contributed by atoms with van der Waals surface area (Å²) in [5.74, 6) is 0.636. The Bertz CT molecular complexity index is 1100. The predicted octanol–water partition coefficient (Wildman–Crippen LogP) is 5.42. The van der Waals surface area contributed by atoms with Gasteiger partial charge in [0.1, 0.15) is 18.2 Å². The number of nitriles is 1. The maximum atomic E-state index is 12.5. The Balaban J connectivity index is 1.80. The third-order valence-corrected chi connectivity index (χ3v) is 4.85. The predicted molar refractivity (Wildman–Crippen MR) is 125 cm³/mol. The highest BCUT2D eigenvalue weighted by Crippen LogP contribution is 2.30. The molecule has 3 rings (SSSR count). The summed E-state index contributed by atoms with van der Waals surface area (Å²) in [7, 11) is 1.57. The molecule has 0 aliphatic carbocycles. The largest absolute Gasteiger partial charge is 0.493 e. The van der Waals surface area contributed by atoms with Gasteiger partial charge in [-0.25, -0.2) is 0 Å². The second-order valence-electron chi connectivity index (χ2n) is 6.32. The summed E-state index contributed by atoms with van der Waals surface area (Å²) in [4.78, 5) is 12.5. The van der Waals surface area contributed by atoms with Crippen LogP contribution >= 0.6 is 22.6 Å². The van der Waals surface area contributed by atoms with E-state index in [1.165, 1.54) is 6.08 Å². The average molecular weight is 510 g/mol. The summed E-state index contributed by atoms with van der Waals surface area (Å²) in [5.41, 5.74) is 2.31. The minimum absolute atomic E-state index is 0.00645. The van der Waals surface area contributed by atoms with Crippen LogP contribution in [0.5, 0.6) is 11.5 Å². The lowest BCUT2D eigenvalue weighted by molar-refractivity contribution is -0.112. The molecule has 0 saturated carbocycles. The van der Waals surface area contributed by atoms with Crippen molar-refractivity contribution in [2.45, 2.75) is 6.61 Å². The smallest absolute Gasteiger partial charge is 0.266 e. The molecular weight excluding hydrogens is 491 g/mol. The van der Waals surface area contributed by atoms with Crippen LogP contribution in [0.3, 0.4) is 0 Å². The van der Waals surface area contributed by atoms with Crippen molar-refractivity contribution < 1.29 is 14.3 Å². The van der Waals surface area contributed by atoms with Crippen molar-refractivity contribution in [2.75, 3.05) is 12.4 Å². The van der Waals surface area contributed by atoms with Gasteiger partial charge in [0.25, 0.3) is 5.91 Å². The van der Waals surface area contributed by atoms with E-state index in [2.05, 4.69) is 27.9 Å². The highest BCUT2D eigenvalue weighted by atomic mass is 127. The first-order valence-electron chi connectivity index (χ1n) is 9.12. The lowest BCUT2D eigenvalue weighted by Crippen LogP contribution is -2.13. The summed E-state index contributed by atoms with van der Waals surface area (Å²) in [6, 6.07) is 24.4. The Hall–Kier alpha value is -3.31. The Morgan fingerprint density at radius 1 is 1.07 bits per heavy atom. The zero-order valence-corrected chi connectivity index (χ0v) is 18.4. The molecule has 5 nitrogen and oxygen atoms in total. The Morgan fingerprint density at radius 2 is 1.87 bits per heavy atom. The molecule has 0 spiro atoms. The lowest BCUT2D eigenvalue weighted by Gasteiger charge is -2.12. The second-order valence-corrected chi connectivity index (χ2v) is 7.56. The van der Waals surface area contributed by atoms with Gasteiger partial charge >= 0.3 is 0 Å². The molecule has 0 radical (unpaired) electrons. The number of hydrogen-bond acceptors (Lipinski definition) is 4. The van der Waals surface area contributed by atoms with E-state index in [-0.39, 0.29) is 5.57 Å². The van der Waals surface area contributed by atoms with Crippen LogP contribution in [-0.4, -0.2) is 13.0 Å². The number of anilines is 1. The van der Waals surface area contributed by atoms with Gasteiger partial charge in [0, 0.05) is 9.26 Å². The normalized spacial score (nSPS) is 10.8. The zero-order chi connectivity index (χ0) is 21.3. The van der Waals surface area contributed by atoms with Crippen LogP contribution in [0.25, 0.3) is 6.08 Å². The van der Waals surface area contributed by atoms with Gasteiger partial charge in [-0.2, -0.15) is 5.26 Å². The Kier molecular flexibility index (Phi) is 7.46. The average Bonchev–Trinajstić information content (AvgIpc) is 2.76. The third kappa shape index (κ3) is 5.84. The molecule has 0 fully saturated rings. The monoisotopic (exact) mass is 510 g/mol. The minimum atomic E-state index is -0.470. The van der Waals surface area contributed by atoms with Gasteiger partial charge in [-0.15, -0.1) is 0 Å². The van der Waals surface area contributed by atoms with Crippen molar-refractivity contribution >= 4 is 40.3 Å². The van der Waals surface area contributed by atoms with Crippen LogP contribution in [0.1, 0.15) is 11.1 Å². The van der Waals surface area contributed by atoms with Gasteiger partial charge in [0.05, 0.1) is 7.11 Å². The molecule has 150 valence electrons. The maximum absolute atomic E-state index is 12.5. The van der Waals surface area contributed by atoms with Gasteiger partial charge in [0.2, 0.25) is 0 Å². The van der Waals surface area contributed by atoms with E-state index >= 15 is 0 Å². The summed E-state index contributed by atoms with van der Waals surface area (Å²) in [6.45, 7) is 0.378. The van der Waals surface area contributed by atoms with E-state index in [9.17, 15) is 10.1 Å². The van der Waals surface area contributed by atoms with Crippen LogP contribution in [0.2, 0.25) is 0 Å². The SMILES string of the molecule is COc1ccc(/C=C(\C#N)C(=O)Nc2cccc(I)c2)cc1OCc1ccccc1. The topological polar surface area (TPSA) is 71.3 Å². The van der Waals surface area contributed by atoms with E-state index in [1.54, 1.807) is 31.4 Å². The van der Waals surface area contributed by atoms with E-state index in [0.29, 0.717) is 29.4 Å². The van der Waals surface area contributed by atoms with Crippen molar-refractivity contribution in [3.8, 4) is 17.6 Å². The molecular formula is C24H19IN2O3. The van der Waals surface area contributed by atoms with Crippen LogP contribution in [0, 0.1) is 14.9 Å². The van der Waals surface area contributed by atoms with Gasteiger partial charge in [0.15, 0.2) is 11.5 Å². The first-order valence-corrected chi connectivity index (χ1v) is 10.2. The molecule has 0 saturated heterocycles. The van der Waals surface area contributed by atoms with Crippen molar-refractivity contribution in [3.05, 3.63) is 93.1 Å². The van der Waals surface area contributed by atoms with Crippen molar-refractivity contribution in [1.82, 2.24) is 0 Å². The molecule has 0 bridgehead atoms. The molecule has 1 N–H and O–H groups in total. The number of nitrogens with zero attached hydrogens (tertiary/aromatic N) is 1. The second kappa shape index (κ2) is 10.5. The van der Waals surface area contributed by atoms with Crippen LogP contribution in [0.4, 0.5) is 5.69 Å². The maximum Gasteiger partial charge on any atom is 0.266 e. The molecule has 1 amide bonds. The third-order valence-electron chi connectivity index (χ3n) is 4.18. The minimum Gasteiger partial charge on any atom is -0.493 e. The summed E-state index contributed by atoms with van der Waals surface area (Å²) in [5, 5.41) is 12.2. The fourth-order valence-electron chi connectivity index (χ4n) is 2.71. The number of amides is 1. The number of rotatable bonds is 7. The standard InChI is InChI=1S/C24H19IN2O3/c1-29-22-11-10-18(13-23(22)30-16-17-6-3-2-4-7-17)12-19(15-26)24(28)27-21-9-5-8-20(25)14-21/h2-14H,16H2,1H3,(H,27,28)/b19-12+. The number of halogens is 1. The van der Waals surface area contributed by atoms with Crippen LogP contribution in [-0.2, 0) is 11.4 Å². The molecule has 0 aromatic heterocycles. The summed E-state index contributed by atoms with van der Waals surface area (Å²) >= 11 is 2.16. The first kappa shape index (κ1) is 21.4. The highest BCUT2D eigenvalue weighted by molar-refractivity contribution is 14.1. The molecule has 3 aromatic carbocycles. The molecule has 3 aromatic rings. The number of nitrogens with one attached hydrogen (secondary N) is 1. The molecule has 0 aliphatic heterocycles. The quantitative estimate of drug-likeness (QED) is 0.262. The number of methoxy groups -OCH3 is 1.